The summed E-state index contributed by atoms with van der Waals surface area (Å²) in [5.41, 5.74) is 6.86. The first-order valence-electron chi connectivity index (χ1n) is 9.38. The van der Waals surface area contributed by atoms with Crippen molar-refractivity contribution < 1.29 is 4.74 Å². The molecular formula is C24H27ClN2O. The number of hydrogen-bond donors (Lipinski definition) is 0. The number of aromatic nitrogens is 1. The fraction of sp³-hybridized carbons (Fsp3) is 0.292. The number of aliphatic imine (C=N–C) groups is 1. The van der Waals surface area contributed by atoms with Crippen LogP contribution in [-0.4, -0.2) is 17.9 Å². The molecule has 0 saturated heterocycles. The molecule has 0 atom stereocenters. The predicted octanol–water partition coefficient (Wildman–Crippen LogP) is 6.80. The first kappa shape index (κ1) is 20.2. The third kappa shape index (κ3) is 4.15. The van der Waals surface area contributed by atoms with E-state index in [2.05, 4.69) is 74.5 Å². The maximum atomic E-state index is 6.19. The van der Waals surface area contributed by atoms with Crippen LogP contribution < -0.4 is 4.74 Å². The number of rotatable bonds is 4. The zero-order valence-electron chi connectivity index (χ0n) is 17.4. The minimum absolute atomic E-state index is 0.150. The first-order valence-corrected chi connectivity index (χ1v) is 9.76. The normalized spacial score (nSPS) is 12.0. The van der Waals surface area contributed by atoms with Gasteiger partial charge in [-0.05, 0) is 61.2 Å². The van der Waals surface area contributed by atoms with Gasteiger partial charge in [-0.2, -0.15) is 0 Å². The van der Waals surface area contributed by atoms with Crippen LogP contribution in [0.4, 0.5) is 5.69 Å². The van der Waals surface area contributed by atoms with Gasteiger partial charge in [0.25, 0.3) is 0 Å². The fourth-order valence-electron chi connectivity index (χ4n) is 3.31. The molecule has 28 heavy (non-hydrogen) atoms. The van der Waals surface area contributed by atoms with Gasteiger partial charge >= 0.3 is 0 Å². The largest absolute Gasteiger partial charge is 0.495 e. The molecule has 3 rings (SSSR count). The average molecular weight is 395 g/mol. The zero-order valence-corrected chi connectivity index (χ0v) is 18.1. The molecule has 4 heteroatoms. The van der Waals surface area contributed by atoms with Gasteiger partial charge < -0.3 is 9.30 Å². The summed E-state index contributed by atoms with van der Waals surface area (Å²) in [6, 6.07) is 16.5. The summed E-state index contributed by atoms with van der Waals surface area (Å²) in [7, 11) is 1.60. The highest BCUT2D eigenvalue weighted by Gasteiger charge is 2.14. The number of nitrogens with zero attached hydrogens (tertiary/aromatic N) is 2. The molecule has 0 N–H and O–H groups in total. The Labute approximate surface area is 172 Å². The van der Waals surface area contributed by atoms with Gasteiger partial charge in [0.1, 0.15) is 5.75 Å². The van der Waals surface area contributed by atoms with Crippen LogP contribution >= 0.6 is 11.6 Å². The maximum Gasteiger partial charge on any atom is 0.137 e. The lowest BCUT2D eigenvalue weighted by Crippen LogP contribution is -2.11. The molecule has 0 radical (unpaired) electrons. The summed E-state index contributed by atoms with van der Waals surface area (Å²) >= 11 is 6.19. The molecular weight excluding hydrogens is 368 g/mol. The van der Waals surface area contributed by atoms with Crippen LogP contribution in [0.25, 0.3) is 5.69 Å². The molecule has 0 aliphatic heterocycles. The highest BCUT2D eigenvalue weighted by molar-refractivity contribution is 6.32. The lowest BCUT2D eigenvalue weighted by Gasteiger charge is -2.20. The topological polar surface area (TPSA) is 26.5 Å². The minimum Gasteiger partial charge on any atom is -0.495 e. The molecule has 0 spiro atoms. The third-order valence-electron chi connectivity index (χ3n) is 4.95. The van der Waals surface area contributed by atoms with Crippen LogP contribution in [0.3, 0.4) is 0 Å². The Hall–Kier alpha value is -2.52. The predicted molar refractivity (Wildman–Crippen MR) is 119 cm³/mol. The second kappa shape index (κ2) is 7.84. The summed E-state index contributed by atoms with van der Waals surface area (Å²) in [6.45, 7) is 10.9. The second-order valence-electron chi connectivity index (χ2n) is 8.04. The van der Waals surface area contributed by atoms with Crippen LogP contribution in [0.5, 0.6) is 5.75 Å². The van der Waals surface area contributed by atoms with E-state index in [-0.39, 0.29) is 5.41 Å². The molecule has 0 aliphatic carbocycles. The summed E-state index contributed by atoms with van der Waals surface area (Å²) in [6.07, 6.45) is 1.89. The minimum atomic E-state index is 0.150. The summed E-state index contributed by atoms with van der Waals surface area (Å²) < 4.78 is 7.45. The highest BCUT2D eigenvalue weighted by Crippen LogP contribution is 2.29. The molecule has 1 heterocycles. The molecule has 2 aromatic carbocycles. The van der Waals surface area contributed by atoms with Crippen molar-refractivity contribution in [1.29, 1.82) is 0 Å². The third-order valence-corrected chi connectivity index (χ3v) is 5.25. The Morgan fingerprint density at radius 2 is 1.68 bits per heavy atom. The highest BCUT2D eigenvalue weighted by atomic mass is 35.5. The SMILES string of the molecule is COc1ccc(N=Cc2cc(C)n(-c3ccc(C(C)(C)C)cc3)c2C)cc1Cl. The lowest BCUT2D eigenvalue weighted by molar-refractivity contribution is 0.415. The van der Waals surface area contributed by atoms with Crippen LogP contribution in [-0.2, 0) is 5.41 Å². The zero-order chi connectivity index (χ0) is 20.5. The Morgan fingerprint density at radius 3 is 2.25 bits per heavy atom. The summed E-state index contributed by atoms with van der Waals surface area (Å²) in [4.78, 5) is 4.59. The Balaban J connectivity index is 1.91. The molecule has 0 bridgehead atoms. The van der Waals surface area contributed by atoms with Gasteiger partial charge in [0.05, 0.1) is 17.8 Å². The fourth-order valence-corrected chi connectivity index (χ4v) is 3.56. The van der Waals surface area contributed by atoms with Gasteiger partial charge in [0, 0.05) is 28.9 Å². The van der Waals surface area contributed by atoms with Gasteiger partial charge in [-0.3, -0.25) is 4.99 Å². The van der Waals surface area contributed by atoms with Gasteiger partial charge in [0.15, 0.2) is 0 Å². The average Bonchev–Trinajstić information content (AvgIpc) is 2.93. The standard InChI is InChI=1S/C24H27ClN2O/c1-16-13-18(15-26-20-9-12-23(28-6)22(25)14-20)17(2)27(16)21-10-7-19(8-11-21)24(3,4)5/h7-15H,1-6H3. The van der Waals surface area contributed by atoms with E-state index in [4.69, 9.17) is 16.3 Å². The number of ether oxygens (including phenoxy) is 1. The van der Waals surface area contributed by atoms with Crippen molar-refractivity contribution in [3.63, 3.8) is 0 Å². The van der Waals surface area contributed by atoms with E-state index >= 15 is 0 Å². The van der Waals surface area contributed by atoms with E-state index in [1.165, 1.54) is 11.3 Å². The smallest absolute Gasteiger partial charge is 0.137 e. The van der Waals surface area contributed by atoms with E-state index in [0.717, 1.165) is 22.6 Å². The molecule has 3 aromatic rings. The molecule has 3 nitrogen and oxygen atoms in total. The van der Waals surface area contributed by atoms with E-state index in [1.54, 1.807) is 13.2 Å². The van der Waals surface area contributed by atoms with Crippen LogP contribution in [0, 0.1) is 13.8 Å². The molecule has 0 aliphatic rings. The van der Waals surface area contributed by atoms with Crippen molar-refractivity contribution in [1.82, 2.24) is 4.57 Å². The first-order chi connectivity index (χ1) is 13.2. The quantitative estimate of drug-likeness (QED) is 0.446. The van der Waals surface area contributed by atoms with Crippen LogP contribution in [0.1, 0.15) is 43.3 Å². The number of methoxy groups -OCH3 is 1. The Kier molecular flexibility index (Phi) is 5.66. The summed E-state index contributed by atoms with van der Waals surface area (Å²) in [5.74, 6) is 0.650. The maximum absolute atomic E-state index is 6.19. The number of halogens is 1. The number of aryl methyl sites for hydroxylation is 1. The van der Waals surface area contributed by atoms with Crippen LogP contribution in [0.2, 0.25) is 5.02 Å². The van der Waals surface area contributed by atoms with Crippen LogP contribution in [0.15, 0.2) is 53.5 Å². The molecule has 0 unspecified atom stereocenters. The van der Waals surface area contributed by atoms with Crippen molar-refractivity contribution in [3.05, 3.63) is 76.1 Å². The molecule has 0 amide bonds. The lowest BCUT2D eigenvalue weighted by atomic mass is 9.87. The van der Waals surface area contributed by atoms with Gasteiger partial charge in [-0.15, -0.1) is 0 Å². The molecule has 146 valence electrons. The van der Waals surface area contributed by atoms with E-state index in [9.17, 15) is 0 Å². The second-order valence-corrected chi connectivity index (χ2v) is 8.44. The van der Waals surface area contributed by atoms with Crippen molar-refractivity contribution in [3.8, 4) is 11.4 Å². The molecule has 0 saturated carbocycles. The molecule has 0 fully saturated rings. The monoisotopic (exact) mass is 394 g/mol. The Bertz CT molecular complexity index is 1010. The van der Waals surface area contributed by atoms with Crippen molar-refractivity contribution in [2.24, 2.45) is 4.99 Å². The Morgan fingerprint density at radius 1 is 1.00 bits per heavy atom. The van der Waals surface area contributed by atoms with E-state index in [1.807, 2.05) is 18.3 Å². The van der Waals surface area contributed by atoms with Crippen molar-refractivity contribution >= 4 is 23.5 Å². The van der Waals surface area contributed by atoms with Crippen molar-refractivity contribution in [2.75, 3.05) is 7.11 Å². The van der Waals surface area contributed by atoms with Crippen molar-refractivity contribution in [2.45, 2.75) is 40.0 Å². The summed E-state index contributed by atoms with van der Waals surface area (Å²) in [5, 5.41) is 0.557. The van der Waals surface area contributed by atoms with Gasteiger partial charge in [-0.25, -0.2) is 0 Å². The van der Waals surface area contributed by atoms with E-state index < -0.39 is 0 Å². The number of benzene rings is 2. The van der Waals surface area contributed by atoms with Gasteiger partial charge in [0.2, 0.25) is 0 Å². The number of hydrogen-bond acceptors (Lipinski definition) is 2. The van der Waals surface area contributed by atoms with E-state index in [0.29, 0.717) is 10.8 Å². The molecule has 1 aromatic heterocycles. The van der Waals surface area contributed by atoms with Gasteiger partial charge in [-0.1, -0.05) is 44.5 Å².